The van der Waals surface area contributed by atoms with E-state index < -0.39 is 11.0 Å². The highest BCUT2D eigenvalue weighted by Gasteiger charge is 2.39. The highest BCUT2D eigenvalue weighted by Crippen LogP contribution is 2.42. The number of nitrogens with one attached hydrogen (secondary N) is 1. The van der Waals surface area contributed by atoms with Crippen molar-refractivity contribution < 1.29 is 9.72 Å². The Morgan fingerprint density at radius 3 is 2.83 bits per heavy atom. The van der Waals surface area contributed by atoms with E-state index in [0.717, 1.165) is 17.7 Å². The second-order valence-electron chi connectivity index (χ2n) is 6.96. The first-order valence-corrected chi connectivity index (χ1v) is 9.27. The van der Waals surface area contributed by atoms with Crippen LogP contribution in [0.1, 0.15) is 30.9 Å². The maximum atomic E-state index is 12.8. The summed E-state index contributed by atoms with van der Waals surface area (Å²) in [5, 5.41) is 19.5. The number of nitro groups is 1. The van der Waals surface area contributed by atoms with E-state index in [1.807, 2.05) is 6.07 Å². The number of benzene rings is 1. The summed E-state index contributed by atoms with van der Waals surface area (Å²) in [5.74, 6) is 0.878. The zero-order valence-electron chi connectivity index (χ0n) is 15.3. The molecule has 2 aromatic heterocycles. The highest BCUT2D eigenvalue weighted by atomic mass is 16.6. The lowest BCUT2D eigenvalue weighted by Crippen LogP contribution is -2.31. The van der Waals surface area contributed by atoms with Crippen LogP contribution in [-0.4, -0.2) is 30.5 Å². The average Bonchev–Trinajstić information content (AvgIpc) is 3.17. The number of allylic oxidation sites excluding steroid dienone is 2. The predicted molar refractivity (Wildman–Crippen MR) is 104 cm³/mol. The number of Topliss-reactive ketones (excluding diaryl/α,β-unsaturated/α-hetero) is 1. The number of anilines is 1. The number of nitro benzene ring substituents is 1. The molecule has 5 rings (SSSR count). The number of para-hydroxylation sites is 1. The summed E-state index contributed by atoms with van der Waals surface area (Å²) in [6.45, 7) is 0. The van der Waals surface area contributed by atoms with Crippen LogP contribution in [0.5, 0.6) is 0 Å². The molecule has 1 aliphatic heterocycles. The van der Waals surface area contributed by atoms with Crippen molar-refractivity contribution in [2.75, 3.05) is 5.32 Å². The molecule has 0 radical (unpaired) electrons. The fourth-order valence-corrected chi connectivity index (χ4v) is 3.95. The lowest BCUT2D eigenvalue weighted by atomic mass is 9.85. The Morgan fingerprint density at radius 2 is 2.03 bits per heavy atom. The molecule has 1 aromatic carbocycles. The molecule has 0 saturated carbocycles. The number of nitrogens with zero attached hydrogens (tertiary/aromatic N) is 5. The van der Waals surface area contributed by atoms with E-state index in [0.29, 0.717) is 35.8 Å². The average molecular weight is 388 g/mol. The van der Waals surface area contributed by atoms with Crippen molar-refractivity contribution in [2.45, 2.75) is 25.3 Å². The van der Waals surface area contributed by atoms with Crippen molar-refractivity contribution in [3.8, 4) is 11.4 Å². The Hall–Kier alpha value is -3.88. The number of fused-ring (bicyclic) bond motifs is 1. The molecular formula is C20H16N6O3. The number of carbonyl (C=O) groups is 1. The number of ketones is 1. The van der Waals surface area contributed by atoms with Crippen molar-refractivity contribution in [3.63, 3.8) is 0 Å². The maximum Gasteiger partial charge on any atom is 0.275 e. The van der Waals surface area contributed by atoms with Crippen molar-refractivity contribution in [3.05, 3.63) is 75.7 Å². The molecule has 1 atom stereocenters. The van der Waals surface area contributed by atoms with Gasteiger partial charge >= 0.3 is 0 Å². The summed E-state index contributed by atoms with van der Waals surface area (Å²) in [4.78, 5) is 32.8. The van der Waals surface area contributed by atoms with E-state index in [2.05, 4.69) is 20.4 Å². The van der Waals surface area contributed by atoms with Crippen LogP contribution in [0.25, 0.3) is 11.4 Å². The molecule has 144 valence electrons. The van der Waals surface area contributed by atoms with Gasteiger partial charge in [0.15, 0.2) is 11.6 Å². The van der Waals surface area contributed by atoms with Crippen LogP contribution < -0.4 is 5.32 Å². The van der Waals surface area contributed by atoms with Crippen LogP contribution in [-0.2, 0) is 4.79 Å². The second-order valence-corrected chi connectivity index (χ2v) is 6.96. The largest absolute Gasteiger partial charge is 0.328 e. The standard InChI is InChI=1S/C20H16N6O3/c27-16-9-3-7-14-17(16)18(13-6-1-2-8-15(13)26(28)29)25-20(22-14)23-19(24-25)12-5-4-10-21-11-12/h1-2,4-6,8,10-11,18H,3,7,9H2,(H,22,23,24). The Kier molecular flexibility index (Phi) is 3.94. The fraction of sp³-hybridized carbons (Fsp3) is 0.200. The molecular weight excluding hydrogens is 372 g/mol. The summed E-state index contributed by atoms with van der Waals surface area (Å²) in [7, 11) is 0. The van der Waals surface area contributed by atoms with Crippen LogP contribution in [0.4, 0.5) is 11.6 Å². The summed E-state index contributed by atoms with van der Waals surface area (Å²) >= 11 is 0. The van der Waals surface area contributed by atoms with Gasteiger partial charge in [0.05, 0.1) is 10.5 Å². The van der Waals surface area contributed by atoms with Gasteiger partial charge in [-0.3, -0.25) is 19.9 Å². The highest BCUT2D eigenvalue weighted by molar-refractivity contribution is 5.99. The van der Waals surface area contributed by atoms with Gasteiger partial charge in [-0.25, -0.2) is 4.68 Å². The Labute approximate surface area is 165 Å². The van der Waals surface area contributed by atoms with Crippen molar-refractivity contribution in [1.82, 2.24) is 19.7 Å². The molecule has 29 heavy (non-hydrogen) atoms. The van der Waals surface area contributed by atoms with E-state index in [4.69, 9.17) is 0 Å². The van der Waals surface area contributed by atoms with Gasteiger partial charge in [0, 0.05) is 41.7 Å². The predicted octanol–water partition coefficient (Wildman–Crippen LogP) is 3.27. The van der Waals surface area contributed by atoms with E-state index >= 15 is 0 Å². The Morgan fingerprint density at radius 1 is 1.17 bits per heavy atom. The lowest BCUT2D eigenvalue weighted by Gasteiger charge is -2.31. The van der Waals surface area contributed by atoms with Crippen LogP contribution in [0.2, 0.25) is 0 Å². The molecule has 0 spiro atoms. The topological polar surface area (TPSA) is 116 Å². The monoisotopic (exact) mass is 388 g/mol. The zero-order valence-corrected chi connectivity index (χ0v) is 15.3. The minimum atomic E-state index is -0.700. The van der Waals surface area contributed by atoms with Gasteiger partial charge in [-0.2, -0.15) is 4.98 Å². The molecule has 2 aliphatic rings. The Balaban J connectivity index is 1.73. The molecule has 0 bridgehead atoms. The third-order valence-corrected chi connectivity index (χ3v) is 5.22. The summed E-state index contributed by atoms with van der Waals surface area (Å²) in [5.41, 5.74) is 2.39. The summed E-state index contributed by atoms with van der Waals surface area (Å²) in [6, 6.07) is 9.40. The van der Waals surface area contributed by atoms with E-state index in [-0.39, 0.29) is 11.5 Å². The SMILES string of the molecule is O=C1CCCC2=C1C(c1ccccc1[N+](=O)[O-])n1nc(-c3cccnc3)nc1N2. The van der Waals surface area contributed by atoms with Crippen LogP contribution >= 0.6 is 0 Å². The van der Waals surface area contributed by atoms with Gasteiger partial charge in [0.25, 0.3) is 5.69 Å². The maximum absolute atomic E-state index is 12.8. The van der Waals surface area contributed by atoms with Crippen LogP contribution in [0.15, 0.2) is 60.1 Å². The molecule has 3 aromatic rings. The lowest BCUT2D eigenvalue weighted by molar-refractivity contribution is -0.385. The molecule has 1 N–H and O–H groups in total. The number of hydrogen-bond donors (Lipinski definition) is 1. The van der Waals surface area contributed by atoms with Crippen molar-refractivity contribution in [1.29, 1.82) is 0 Å². The number of carbonyl (C=O) groups excluding carboxylic acids is 1. The number of hydrogen-bond acceptors (Lipinski definition) is 7. The van der Waals surface area contributed by atoms with E-state index in [1.54, 1.807) is 41.3 Å². The Bertz CT molecular complexity index is 1170. The van der Waals surface area contributed by atoms with E-state index in [9.17, 15) is 14.9 Å². The molecule has 0 fully saturated rings. The molecule has 1 unspecified atom stereocenters. The molecule has 1 aliphatic carbocycles. The molecule has 3 heterocycles. The number of pyridine rings is 1. The van der Waals surface area contributed by atoms with Gasteiger partial charge in [-0.1, -0.05) is 12.1 Å². The minimum Gasteiger partial charge on any atom is -0.328 e. The summed E-state index contributed by atoms with van der Waals surface area (Å²) < 4.78 is 1.58. The molecule has 9 nitrogen and oxygen atoms in total. The van der Waals surface area contributed by atoms with Gasteiger partial charge in [-0.05, 0) is 31.0 Å². The molecule has 0 amide bonds. The van der Waals surface area contributed by atoms with Crippen LogP contribution in [0.3, 0.4) is 0 Å². The van der Waals surface area contributed by atoms with Crippen molar-refractivity contribution >= 4 is 17.4 Å². The molecule has 0 saturated heterocycles. The second kappa shape index (κ2) is 6.62. The van der Waals surface area contributed by atoms with Crippen LogP contribution in [0, 0.1) is 10.1 Å². The summed E-state index contributed by atoms with van der Waals surface area (Å²) in [6.07, 6.45) is 5.15. The third kappa shape index (κ3) is 2.78. The number of rotatable bonds is 3. The van der Waals surface area contributed by atoms with Gasteiger partial charge in [0.1, 0.15) is 6.04 Å². The van der Waals surface area contributed by atoms with Gasteiger partial charge in [0.2, 0.25) is 5.95 Å². The smallest absolute Gasteiger partial charge is 0.275 e. The van der Waals surface area contributed by atoms with E-state index in [1.165, 1.54) is 6.07 Å². The zero-order chi connectivity index (χ0) is 20.0. The van der Waals surface area contributed by atoms with Gasteiger partial charge < -0.3 is 5.32 Å². The minimum absolute atomic E-state index is 0.0222. The van der Waals surface area contributed by atoms with Gasteiger partial charge in [-0.15, -0.1) is 5.10 Å². The first kappa shape index (κ1) is 17.2. The number of aromatic nitrogens is 4. The van der Waals surface area contributed by atoms with Crippen molar-refractivity contribution in [2.24, 2.45) is 0 Å². The first-order valence-electron chi connectivity index (χ1n) is 9.27. The normalized spacial score (nSPS) is 18.1. The quantitative estimate of drug-likeness (QED) is 0.541. The first-order chi connectivity index (χ1) is 14.1. The third-order valence-electron chi connectivity index (χ3n) is 5.22. The fourth-order valence-electron chi connectivity index (χ4n) is 3.95. The molecule has 9 heteroatoms.